The molecule has 0 amide bonds. The zero-order valence-corrected chi connectivity index (χ0v) is 40.6. The topological polar surface area (TPSA) is 21.8 Å². The maximum absolute atomic E-state index is 4.20. The van der Waals surface area contributed by atoms with E-state index < -0.39 is 0 Å². The molecule has 4 nitrogen and oxygen atoms in total. The molecule has 5 heteroatoms. The minimum absolute atomic E-state index is 0.0388. The minimum Gasteiger partial charge on any atom is -0.341 e. The highest BCUT2D eigenvalue weighted by molar-refractivity contribution is 14.1. The van der Waals surface area contributed by atoms with E-state index >= 15 is 0 Å². The van der Waals surface area contributed by atoms with Crippen molar-refractivity contribution in [2.75, 3.05) is 4.90 Å². The Balaban J connectivity index is 0.844. The summed E-state index contributed by atoms with van der Waals surface area (Å²) in [5, 5.41) is 4.20. The molecule has 0 saturated heterocycles. The molecule has 0 fully saturated rings. The molecule has 8 unspecified atom stereocenters. The van der Waals surface area contributed by atoms with Crippen LogP contribution in [0.1, 0.15) is 88.2 Å². The summed E-state index contributed by atoms with van der Waals surface area (Å²) in [7, 11) is 0. The third-order valence-corrected chi connectivity index (χ3v) is 17.7. The first kappa shape index (κ1) is 41.8. The Labute approximate surface area is 412 Å². The maximum atomic E-state index is 4.20. The van der Waals surface area contributed by atoms with Gasteiger partial charge in [0.2, 0.25) is 0 Å². The number of allylic oxidation sites excluding steroid dienone is 18. The number of rotatable bonds is 7. The summed E-state index contributed by atoms with van der Waals surface area (Å²) in [6.45, 7) is 0. The minimum atomic E-state index is 0.0388. The lowest BCUT2D eigenvalue weighted by molar-refractivity contribution is 0.285. The molecule has 13 rings (SSSR count). The van der Waals surface area contributed by atoms with Crippen LogP contribution in [0, 0.1) is 23.7 Å². The molecule has 3 heterocycles. The van der Waals surface area contributed by atoms with Crippen molar-refractivity contribution in [2.45, 2.75) is 101 Å². The van der Waals surface area contributed by atoms with Gasteiger partial charge in [-0.15, -0.1) is 0 Å². The van der Waals surface area contributed by atoms with Gasteiger partial charge in [0, 0.05) is 40.7 Å². The van der Waals surface area contributed by atoms with E-state index in [9.17, 15) is 0 Å². The smallest absolute Gasteiger partial charge is 0.116 e. The van der Waals surface area contributed by atoms with Crippen molar-refractivity contribution in [2.24, 2.45) is 23.7 Å². The first-order valence-electron chi connectivity index (χ1n) is 25.5. The molecule has 1 N–H and O–H groups in total. The number of nitrogens with zero attached hydrogens (tertiary/aromatic N) is 3. The molecule has 336 valence electrons. The van der Waals surface area contributed by atoms with E-state index in [4.69, 9.17) is 0 Å². The summed E-state index contributed by atoms with van der Waals surface area (Å²) >= 11 is 2.66. The molecule has 0 spiro atoms. The third kappa shape index (κ3) is 7.42. The van der Waals surface area contributed by atoms with E-state index in [0.717, 1.165) is 38.5 Å². The highest BCUT2D eigenvalue weighted by Crippen LogP contribution is 2.50. The van der Waals surface area contributed by atoms with Gasteiger partial charge in [-0.25, -0.2) is 0 Å². The Kier molecular flexibility index (Phi) is 11.0. The van der Waals surface area contributed by atoms with Crippen LogP contribution in [0.4, 0.5) is 5.69 Å². The van der Waals surface area contributed by atoms with Crippen molar-refractivity contribution in [3.05, 3.63) is 232 Å². The lowest BCUT2D eigenvalue weighted by atomic mass is 9.79. The normalized spacial score (nSPS) is 31.5. The molecule has 0 saturated carbocycles. The molecule has 0 radical (unpaired) electrons. The number of fused-ring (bicyclic) bond motifs is 5. The van der Waals surface area contributed by atoms with Crippen LogP contribution in [0.15, 0.2) is 221 Å². The zero-order chi connectivity index (χ0) is 44.4. The SMILES string of the molecule is IN1C(C2=CC(c3ccccc3)=CCC2)=C2C=C(c3cccc(N4C5=C(C=CCC5)C5C=CC=CC54)c3)C=CC2NC1C1=CC(C2C=C(N3C4=C(CCCC4)C4C=CCCC43)C=CC2)CC=C1. The second kappa shape index (κ2) is 17.6. The average molecular weight is 989 g/mol. The average Bonchev–Trinajstić information content (AvgIpc) is 3.92. The predicted molar refractivity (Wildman–Crippen MR) is 286 cm³/mol. The first-order valence-corrected chi connectivity index (χ1v) is 26.5. The maximum Gasteiger partial charge on any atom is 0.116 e. The lowest BCUT2D eigenvalue weighted by Crippen LogP contribution is -2.52. The number of anilines is 1. The van der Waals surface area contributed by atoms with Gasteiger partial charge in [-0.2, -0.15) is 0 Å². The molecule has 8 atom stereocenters. The number of benzene rings is 2. The second-order valence-corrected chi connectivity index (χ2v) is 21.5. The second-order valence-electron chi connectivity index (χ2n) is 20.4. The predicted octanol–water partition coefficient (Wildman–Crippen LogP) is 14.6. The van der Waals surface area contributed by atoms with Gasteiger partial charge < -0.3 is 9.80 Å². The van der Waals surface area contributed by atoms with Crippen molar-refractivity contribution in [3.63, 3.8) is 0 Å². The summed E-state index contributed by atoms with van der Waals surface area (Å²) in [6.07, 6.45) is 60.6. The molecule has 11 aliphatic rings. The quantitative estimate of drug-likeness (QED) is 0.170. The van der Waals surface area contributed by atoms with E-state index in [1.807, 2.05) is 0 Å². The van der Waals surface area contributed by atoms with Gasteiger partial charge in [-0.1, -0.05) is 140 Å². The van der Waals surface area contributed by atoms with Crippen molar-refractivity contribution in [1.82, 2.24) is 13.3 Å². The Morgan fingerprint density at radius 3 is 2.43 bits per heavy atom. The number of hydrogen-bond acceptors (Lipinski definition) is 4. The first-order chi connectivity index (χ1) is 33.1. The van der Waals surface area contributed by atoms with Crippen LogP contribution in [0.25, 0.3) is 11.1 Å². The molecule has 2 aromatic rings. The fraction of sp³-hybridized carbons (Fsp3) is 0.323. The van der Waals surface area contributed by atoms with Crippen molar-refractivity contribution in [1.29, 1.82) is 0 Å². The fourth-order valence-corrected chi connectivity index (χ4v) is 14.6. The van der Waals surface area contributed by atoms with E-state index in [0.29, 0.717) is 35.8 Å². The number of nitrogens with one attached hydrogen (secondary N) is 1. The summed E-state index contributed by atoms with van der Waals surface area (Å²) in [5.41, 5.74) is 19.8. The van der Waals surface area contributed by atoms with Crippen LogP contribution >= 0.6 is 22.9 Å². The monoisotopic (exact) mass is 988 g/mol. The molecule has 67 heavy (non-hydrogen) atoms. The van der Waals surface area contributed by atoms with Gasteiger partial charge in [-0.3, -0.25) is 8.43 Å². The summed E-state index contributed by atoms with van der Waals surface area (Å²) in [5.74, 6) is 1.96. The van der Waals surface area contributed by atoms with Crippen LogP contribution in [0.2, 0.25) is 0 Å². The summed E-state index contributed by atoms with van der Waals surface area (Å²) < 4.78 is 2.56. The Hall–Kier alpha value is -5.37. The van der Waals surface area contributed by atoms with Gasteiger partial charge in [0.25, 0.3) is 0 Å². The van der Waals surface area contributed by atoms with Crippen LogP contribution in [0.5, 0.6) is 0 Å². The third-order valence-electron chi connectivity index (χ3n) is 16.6. The van der Waals surface area contributed by atoms with Gasteiger partial charge in [0.15, 0.2) is 0 Å². The molecule has 8 aliphatic carbocycles. The lowest BCUT2D eigenvalue weighted by Gasteiger charge is -2.43. The molecule has 0 bridgehead atoms. The van der Waals surface area contributed by atoms with Crippen LogP contribution in [-0.4, -0.2) is 32.3 Å². The molecule has 2 aromatic carbocycles. The highest BCUT2D eigenvalue weighted by Gasteiger charge is 2.43. The van der Waals surface area contributed by atoms with Crippen LogP contribution in [0.3, 0.4) is 0 Å². The van der Waals surface area contributed by atoms with Gasteiger partial charge in [0.1, 0.15) is 6.17 Å². The Morgan fingerprint density at radius 2 is 1.49 bits per heavy atom. The Morgan fingerprint density at radius 1 is 0.627 bits per heavy atom. The molecule has 3 aliphatic heterocycles. The van der Waals surface area contributed by atoms with Gasteiger partial charge in [0.05, 0.1) is 40.6 Å². The van der Waals surface area contributed by atoms with Crippen LogP contribution < -0.4 is 10.2 Å². The van der Waals surface area contributed by atoms with Crippen molar-refractivity contribution >= 4 is 39.7 Å². The molecular formula is C62H61IN4. The summed E-state index contributed by atoms with van der Waals surface area (Å²) in [6, 6.07) is 21.3. The van der Waals surface area contributed by atoms with Crippen molar-refractivity contribution < 1.29 is 0 Å². The highest BCUT2D eigenvalue weighted by atomic mass is 127. The van der Waals surface area contributed by atoms with Gasteiger partial charge in [-0.05, 0) is 169 Å². The largest absolute Gasteiger partial charge is 0.341 e. The number of hydrogen-bond donors (Lipinski definition) is 1. The van der Waals surface area contributed by atoms with Crippen LogP contribution in [-0.2, 0) is 0 Å². The fourth-order valence-electron chi connectivity index (χ4n) is 13.5. The van der Waals surface area contributed by atoms with E-state index in [1.165, 1.54) is 106 Å². The van der Waals surface area contributed by atoms with E-state index in [2.05, 4.69) is 211 Å². The standard InChI is InChI=1S/C62H61IN4/c63-67-61(47-22-12-18-42(36-47)41-16-2-1-3-17-41)55-40-46(45-21-15-25-50(39-45)66-59-32-10-6-28-53(59)54-29-7-11-33-60(54)66)34-35-56(55)64-62(67)48-23-13-19-43(37-48)44-20-14-24-49(38-44)65-57-30-8-4-26-51(57)52-27-5-9-31-58(52)65/h1-4,6-7,10,13-18,21,23-26,28-29,32,34-40,43-44,51,53,56-57,59,62,64H,5,8-9,11-12,19-20,22,27,30-31,33H2. The summed E-state index contributed by atoms with van der Waals surface area (Å²) in [4.78, 5) is 5.46. The van der Waals surface area contributed by atoms with E-state index in [1.54, 1.807) is 11.3 Å². The molecule has 0 aromatic heterocycles. The van der Waals surface area contributed by atoms with Gasteiger partial charge >= 0.3 is 0 Å². The Bertz CT molecular complexity index is 2860. The van der Waals surface area contributed by atoms with Crippen molar-refractivity contribution in [3.8, 4) is 0 Å². The number of halogens is 1. The molecular weight excluding hydrogens is 928 g/mol. The zero-order valence-electron chi connectivity index (χ0n) is 38.5. The van der Waals surface area contributed by atoms with E-state index in [-0.39, 0.29) is 12.2 Å².